The van der Waals surface area contributed by atoms with E-state index in [1.807, 2.05) is 50.3 Å². The molecule has 1 fully saturated rings. The second-order valence-corrected chi connectivity index (χ2v) is 7.36. The third kappa shape index (κ3) is 4.69. The van der Waals surface area contributed by atoms with Gasteiger partial charge in [-0.3, -0.25) is 9.69 Å². The summed E-state index contributed by atoms with van der Waals surface area (Å²) in [4.78, 5) is 19.3. The Bertz CT molecular complexity index is 926. The molecule has 0 radical (unpaired) electrons. The lowest BCUT2D eigenvalue weighted by molar-refractivity contribution is -0.121. The normalized spacial score (nSPS) is 16.9. The summed E-state index contributed by atoms with van der Waals surface area (Å²) in [5.74, 6) is 1.26. The molecule has 0 atom stereocenters. The molecule has 1 aliphatic rings. The fourth-order valence-electron chi connectivity index (χ4n) is 2.59. The van der Waals surface area contributed by atoms with E-state index < -0.39 is 0 Å². The molecule has 0 bridgehead atoms. The number of carbonyl (C=O) groups excluding carboxylic acids is 1. The van der Waals surface area contributed by atoms with E-state index in [1.165, 1.54) is 11.8 Å². The van der Waals surface area contributed by atoms with Crippen molar-refractivity contribution >= 4 is 46.2 Å². The van der Waals surface area contributed by atoms with Crippen molar-refractivity contribution < 1.29 is 14.3 Å². The number of ether oxygens (including phenoxy) is 2. The number of amidine groups is 1. The van der Waals surface area contributed by atoms with Crippen LogP contribution in [0.4, 0.5) is 5.69 Å². The Kier molecular flexibility index (Phi) is 6.65. The lowest BCUT2D eigenvalue weighted by Crippen LogP contribution is -2.23. The fraction of sp³-hybridized carbons (Fsp3) is 0.238. The maximum absolute atomic E-state index is 12.6. The number of hydrogen-bond acceptors (Lipinski definition) is 5. The Morgan fingerprint density at radius 1 is 1.07 bits per heavy atom. The molecule has 7 heteroatoms. The van der Waals surface area contributed by atoms with E-state index in [1.54, 1.807) is 24.1 Å². The van der Waals surface area contributed by atoms with Gasteiger partial charge in [0.1, 0.15) is 0 Å². The Labute approximate surface area is 174 Å². The van der Waals surface area contributed by atoms with Crippen molar-refractivity contribution in [3.63, 3.8) is 0 Å². The van der Waals surface area contributed by atoms with Crippen LogP contribution in [0.1, 0.15) is 19.4 Å². The van der Waals surface area contributed by atoms with Crippen LogP contribution in [0.3, 0.4) is 0 Å². The Morgan fingerprint density at radius 2 is 1.75 bits per heavy atom. The van der Waals surface area contributed by atoms with E-state index in [0.717, 1.165) is 11.3 Å². The van der Waals surface area contributed by atoms with E-state index in [4.69, 9.17) is 21.1 Å². The van der Waals surface area contributed by atoms with Gasteiger partial charge in [0, 0.05) is 12.1 Å². The van der Waals surface area contributed by atoms with Crippen LogP contribution >= 0.6 is 23.4 Å². The SMILES string of the molecule is CCOc1ccc(C=C2SC(=Nc3ccc(Cl)cc3)N(C)C2=O)cc1OCC. The summed E-state index contributed by atoms with van der Waals surface area (Å²) in [6, 6.07) is 12.8. The lowest BCUT2D eigenvalue weighted by atomic mass is 10.2. The molecule has 1 aliphatic heterocycles. The van der Waals surface area contributed by atoms with Gasteiger partial charge in [0.15, 0.2) is 16.7 Å². The zero-order valence-corrected chi connectivity index (χ0v) is 17.5. The highest BCUT2D eigenvalue weighted by molar-refractivity contribution is 8.18. The maximum atomic E-state index is 12.6. The minimum absolute atomic E-state index is 0.0930. The number of nitrogens with zero attached hydrogens (tertiary/aromatic N) is 2. The van der Waals surface area contributed by atoms with Crippen LogP contribution in [0.25, 0.3) is 6.08 Å². The van der Waals surface area contributed by atoms with E-state index in [2.05, 4.69) is 4.99 Å². The number of rotatable bonds is 6. The predicted molar refractivity (Wildman–Crippen MR) is 116 cm³/mol. The summed E-state index contributed by atoms with van der Waals surface area (Å²) in [5, 5.41) is 1.27. The van der Waals surface area contributed by atoms with Crippen molar-refractivity contribution in [2.45, 2.75) is 13.8 Å². The molecule has 28 heavy (non-hydrogen) atoms. The van der Waals surface area contributed by atoms with E-state index in [9.17, 15) is 4.79 Å². The molecule has 0 N–H and O–H groups in total. The first kappa shape index (κ1) is 20.3. The molecule has 146 valence electrons. The van der Waals surface area contributed by atoms with Crippen molar-refractivity contribution in [2.75, 3.05) is 20.3 Å². The number of thioether (sulfide) groups is 1. The minimum Gasteiger partial charge on any atom is -0.490 e. The van der Waals surface area contributed by atoms with Gasteiger partial charge in [-0.25, -0.2) is 4.99 Å². The van der Waals surface area contributed by atoms with E-state index in [-0.39, 0.29) is 5.91 Å². The first-order valence-corrected chi connectivity index (χ1v) is 10.1. The highest BCUT2D eigenvalue weighted by Gasteiger charge is 2.30. The Morgan fingerprint density at radius 3 is 2.43 bits per heavy atom. The molecule has 0 unspecified atom stereocenters. The van der Waals surface area contributed by atoms with Crippen LogP contribution in [-0.2, 0) is 4.79 Å². The van der Waals surface area contributed by atoms with Crippen molar-refractivity contribution in [2.24, 2.45) is 4.99 Å². The van der Waals surface area contributed by atoms with Crippen LogP contribution in [0.5, 0.6) is 11.5 Å². The topological polar surface area (TPSA) is 51.1 Å². The standard InChI is InChI=1S/C21H21ClN2O3S/c1-4-26-17-11-6-14(12-18(17)27-5-2)13-19-20(25)24(3)21(28-19)23-16-9-7-15(22)8-10-16/h6-13H,4-5H2,1-3H3. The van der Waals surface area contributed by atoms with Gasteiger partial charge in [0.25, 0.3) is 5.91 Å². The molecule has 5 nitrogen and oxygen atoms in total. The average molecular weight is 417 g/mol. The first-order valence-electron chi connectivity index (χ1n) is 8.93. The number of benzene rings is 2. The van der Waals surface area contributed by atoms with Crippen molar-refractivity contribution in [3.05, 3.63) is 58.0 Å². The van der Waals surface area contributed by atoms with Crippen molar-refractivity contribution in [1.82, 2.24) is 4.90 Å². The molecule has 0 saturated carbocycles. The molecule has 2 aromatic carbocycles. The number of halogens is 1. The Hall–Kier alpha value is -2.44. The van der Waals surface area contributed by atoms with Crippen molar-refractivity contribution in [1.29, 1.82) is 0 Å². The highest BCUT2D eigenvalue weighted by atomic mass is 35.5. The van der Waals surface area contributed by atoms with Gasteiger partial charge in [-0.2, -0.15) is 0 Å². The molecule has 0 aliphatic carbocycles. The fourth-order valence-corrected chi connectivity index (χ4v) is 3.70. The van der Waals surface area contributed by atoms with Gasteiger partial charge in [-0.15, -0.1) is 0 Å². The van der Waals surface area contributed by atoms with E-state index in [0.29, 0.717) is 39.8 Å². The molecule has 0 spiro atoms. The zero-order chi connectivity index (χ0) is 20.1. The molecule has 1 heterocycles. The molecular formula is C21H21ClN2O3S. The highest BCUT2D eigenvalue weighted by Crippen LogP contribution is 2.35. The van der Waals surface area contributed by atoms with Gasteiger partial charge >= 0.3 is 0 Å². The number of carbonyl (C=O) groups is 1. The second kappa shape index (κ2) is 9.17. The quantitative estimate of drug-likeness (QED) is 0.594. The molecule has 1 saturated heterocycles. The smallest absolute Gasteiger partial charge is 0.266 e. The summed E-state index contributed by atoms with van der Waals surface area (Å²) < 4.78 is 11.3. The molecule has 3 rings (SSSR count). The van der Waals surface area contributed by atoms with Crippen LogP contribution in [-0.4, -0.2) is 36.2 Å². The summed E-state index contributed by atoms with van der Waals surface area (Å²) in [6.45, 7) is 4.95. The molecule has 2 aromatic rings. The zero-order valence-electron chi connectivity index (χ0n) is 15.9. The minimum atomic E-state index is -0.0930. The second-order valence-electron chi connectivity index (χ2n) is 5.92. The van der Waals surface area contributed by atoms with Gasteiger partial charge in [0.05, 0.1) is 23.8 Å². The maximum Gasteiger partial charge on any atom is 0.266 e. The molecular weight excluding hydrogens is 396 g/mol. The summed E-state index contributed by atoms with van der Waals surface area (Å²) >= 11 is 7.25. The van der Waals surface area contributed by atoms with Gasteiger partial charge < -0.3 is 9.47 Å². The van der Waals surface area contributed by atoms with Gasteiger partial charge in [0.2, 0.25) is 0 Å². The van der Waals surface area contributed by atoms with Gasteiger partial charge in [-0.05, 0) is 73.6 Å². The Balaban J connectivity index is 1.87. The monoisotopic (exact) mass is 416 g/mol. The van der Waals surface area contributed by atoms with Crippen LogP contribution in [0, 0.1) is 0 Å². The summed E-state index contributed by atoms with van der Waals surface area (Å²) in [6.07, 6.45) is 1.84. The third-order valence-corrected chi connectivity index (χ3v) is 5.23. The lowest BCUT2D eigenvalue weighted by Gasteiger charge is -2.11. The number of amides is 1. The third-order valence-electron chi connectivity index (χ3n) is 3.92. The molecule has 1 amide bonds. The summed E-state index contributed by atoms with van der Waals surface area (Å²) in [7, 11) is 1.72. The van der Waals surface area contributed by atoms with Crippen LogP contribution in [0.15, 0.2) is 52.4 Å². The number of hydrogen-bond donors (Lipinski definition) is 0. The average Bonchev–Trinajstić information content (AvgIpc) is 2.94. The van der Waals surface area contributed by atoms with E-state index >= 15 is 0 Å². The number of likely N-dealkylation sites (N-methyl/N-ethyl adjacent to an activating group) is 1. The van der Waals surface area contributed by atoms with Gasteiger partial charge in [-0.1, -0.05) is 17.7 Å². The first-order chi connectivity index (χ1) is 13.5. The largest absolute Gasteiger partial charge is 0.490 e. The van der Waals surface area contributed by atoms with Crippen LogP contribution < -0.4 is 9.47 Å². The molecule has 0 aromatic heterocycles. The van der Waals surface area contributed by atoms with Crippen molar-refractivity contribution in [3.8, 4) is 11.5 Å². The summed E-state index contributed by atoms with van der Waals surface area (Å²) in [5.41, 5.74) is 1.61. The van der Waals surface area contributed by atoms with Crippen LogP contribution in [0.2, 0.25) is 5.02 Å². The number of aliphatic imine (C=N–C) groups is 1. The predicted octanol–water partition coefficient (Wildman–Crippen LogP) is 5.37.